The first-order valence-electron chi connectivity index (χ1n) is 8.90. The van der Waals surface area contributed by atoms with Crippen molar-refractivity contribution in [2.75, 3.05) is 0 Å². The minimum absolute atomic E-state index is 0.497. The summed E-state index contributed by atoms with van der Waals surface area (Å²) in [6.07, 6.45) is 2.16. The zero-order chi connectivity index (χ0) is 19.2. The second kappa shape index (κ2) is 9.75. The molecule has 2 rings (SSSR count). The van der Waals surface area contributed by atoms with Gasteiger partial charge in [0.2, 0.25) is 0 Å². The molecule has 0 saturated carbocycles. The first-order chi connectivity index (χ1) is 12.4. The number of hydrogen-bond acceptors (Lipinski definition) is 4. The Morgan fingerprint density at radius 2 is 1.15 bits per heavy atom. The Kier molecular flexibility index (Phi) is 7.97. The molecule has 0 saturated heterocycles. The predicted octanol–water partition coefficient (Wildman–Crippen LogP) is 7.57. The molecule has 0 aliphatic heterocycles. The molecule has 142 valence electrons. The van der Waals surface area contributed by atoms with E-state index in [0.29, 0.717) is 23.3 Å². The van der Waals surface area contributed by atoms with Crippen LogP contribution in [-0.2, 0) is 15.9 Å². The van der Waals surface area contributed by atoms with Crippen molar-refractivity contribution in [1.82, 2.24) is 0 Å². The summed E-state index contributed by atoms with van der Waals surface area (Å²) in [5, 5.41) is 0. The Morgan fingerprint density at radius 3 is 1.42 bits per heavy atom. The van der Waals surface area contributed by atoms with Crippen molar-refractivity contribution in [2.24, 2.45) is 0 Å². The molecule has 0 heterocycles. The maximum absolute atomic E-state index is 5.77. The Hall–Kier alpha value is -1.06. The number of benzene rings is 2. The Labute approximate surface area is 167 Å². The number of hydrogen-bond donors (Lipinski definition) is 0. The van der Waals surface area contributed by atoms with E-state index in [9.17, 15) is 0 Å². The third-order valence-corrected chi connectivity index (χ3v) is 7.14. The van der Waals surface area contributed by atoms with Gasteiger partial charge in [0, 0.05) is 11.8 Å². The Morgan fingerprint density at radius 1 is 0.808 bits per heavy atom. The molecule has 0 N–H and O–H groups in total. The van der Waals surface area contributed by atoms with E-state index in [2.05, 4.69) is 27.7 Å². The lowest BCUT2D eigenvalue weighted by molar-refractivity contribution is 0.398. The molecule has 2 unspecified atom stereocenters. The molecule has 0 spiro atoms. The summed E-state index contributed by atoms with van der Waals surface area (Å²) in [4.78, 5) is 0. The van der Waals surface area contributed by atoms with Gasteiger partial charge >= 0.3 is 6.72 Å². The van der Waals surface area contributed by atoms with Crippen molar-refractivity contribution >= 4 is 30.4 Å². The van der Waals surface area contributed by atoms with Gasteiger partial charge in [-0.1, -0.05) is 52.0 Å². The smallest absolute Gasteiger partial charge is 0.415 e. The van der Waals surface area contributed by atoms with Crippen LogP contribution in [0.3, 0.4) is 0 Å². The summed E-state index contributed by atoms with van der Waals surface area (Å²) in [7, 11) is 0. The largest absolute Gasteiger partial charge is 0.451 e. The van der Waals surface area contributed by atoms with E-state index in [4.69, 9.17) is 36.8 Å². The van der Waals surface area contributed by atoms with E-state index in [1.54, 1.807) is 0 Å². The van der Waals surface area contributed by atoms with Crippen molar-refractivity contribution in [1.29, 1.82) is 0 Å². The fourth-order valence-electron chi connectivity index (χ4n) is 2.49. The normalized spacial score (nSPS) is 15.7. The average Bonchev–Trinajstić information content (AvgIpc) is 2.67. The Balaban J connectivity index is 2.09. The second-order valence-corrected chi connectivity index (χ2v) is 9.61. The van der Waals surface area contributed by atoms with Gasteiger partial charge in [0.15, 0.2) is 0 Å². The van der Waals surface area contributed by atoms with Crippen LogP contribution in [0, 0.1) is 0 Å². The molecule has 6 heteroatoms. The zero-order valence-corrected chi connectivity index (χ0v) is 18.1. The van der Waals surface area contributed by atoms with Crippen LogP contribution in [0.4, 0.5) is 0 Å². The monoisotopic (exact) mass is 412 g/mol. The summed E-state index contributed by atoms with van der Waals surface area (Å²) in [6, 6.07) is 15.6. The lowest BCUT2D eigenvalue weighted by atomic mass is 9.99. The van der Waals surface area contributed by atoms with E-state index in [1.807, 2.05) is 48.5 Å². The minimum atomic E-state index is -3.14. The quantitative estimate of drug-likeness (QED) is 0.397. The third-order valence-electron chi connectivity index (χ3n) is 4.64. The maximum atomic E-state index is 5.77. The van der Waals surface area contributed by atoms with Crippen LogP contribution in [0.5, 0.6) is 11.5 Å². The molecule has 0 fully saturated rings. The first kappa shape index (κ1) is 21.2. The van der Waals surface area contributed by atoms with Gasteiger partial charge in [-0.15, -0.1) is 0 Å². The second-order valence-electron chi connectivity index (χ2n) is 6.46. The van der Waals surface area contributed by atoms with Crippen molar-refractivity contribution in [3.8, 4) is 11.5 Å². The molecule has 0 aliphatic carbocycles. The SMILES string of the molecule is CCC(C)c1ccc(OP(=S)(OCl)Oc2ccc(C(C)CC)cc2)cc1. The number of rotatable bonds is 9. The maximum Gasteiger partial charge on any atom is 0.451 e. The lowest BCUT2D eigenvalue weighted by Crippen LogP contribution is -2.01. The van der Waals surface area contributed by atoms with Crippen LogP contribution >= 0.6 is 18.6 Å². The van der Waals surface area contributed by atoms with Gasteiger partial charge in [0.25, 0.3) is 0 Å². The molecule has 0 aromatic heterocycles. The number of halogens is 1. The highest BCUT2D eigenvalue weighted by molar-refractivity contribution is 8.08. The van der Waals surface area contributed by atoms with E-state index in [-0.39, 0.29) is 0 Å². The molecule has 0 aliphatic rings. The van der Waals surface area contributed by atoms with Crippen molar-refractivity contribution in [3.05, 3.63) is 59.7 Å². The average molecular weight is 413 g/mol. The topological polar surface area (TPSA) is 27.7 Å². The zero-order valence-electron chi connectivity index (χ0n) is 15.6. The van der Waals surface area contributed by atoms with Gasteiger partial charge in [-0.3, -0.25) is 0 Å². The van der Waals surface area contributed by atoms with Crippen LogP contribution in [0.15, 0.2) is 48.5 Å². The van der Waals surface area contributed by atoms with E-state index in [1.165, 1.54) is 11.1 Å². The van der Waals surface area contributed by atoms with Gasteiger partial charge in [0.05, 0.1) is 11.9 Å². The van der Waals surface area contributed by atoms with Gasteiger partial charge in [-0.05, 0) is 60.1 Å². The van der Waals surface area contributed by atoms with Gasteiger partial charge in [0.1, 0.15) is 11.5 Å². The molecule has 26 heavy (non-hydrogen) atoms. The van der Waals surface area contributed by atoms with Crippen LogP contribution < -0.4 is 9.05 Å². The fourth-order valence-corrected chi connectivity index (χ4v) is 4.03. The van der Waals surface area contributed by atoms with Gasteiger partial charge < -0.3 is 9.05 Å². The standard InChI is InChI=1S/C20H26ClO3PS/c1-5-15(3)17-7-11-19(12-8-17)22-25(26,24-21)23-20-13-9-18(10-14-20)16(4)6-2/h7-16H,5-6H2,1-4H3. The molecule has 2 aromatic carbocycles. The highest BCUT2D eigenvalue weighted by atomic mass is 35.5. The van der Waals surface area contributed by atoms with Crippen molar-refractivity contribution in [3.63, 3.8) is 0 Å². The van der Waals surface area contributed by atoms with E-state index < -0.39 is 6.72 Å². The molecule has 0 bridgehead atoms. The first-order valence-corrected chi connectivity index (χ1v) is 11.8. The molecule has 2 aromatic rings. The third kappa shape index (κ3) is 5.72. The van der Waals surface area contributed by atoms with Gasteiger partial charge in [-0.25, -0.2) is 0 Å². The summed E-state index contributed by atoms with van der Waals surface area (Å²) < 4.78 is 16.4. The molecular formula is C20H26ClO3PS. The van der Waals surface area contributed by atoms with Crippen molar-refractivity contribution in [2.45, 2.75) is 52.4 Å². The minimum Gasteiger partial charge on any atom is -0.415 e. The highest BCUT2D eigenvalue weighted by Crippen LogP contribution is 2.51. The lowest BCUT2D eigenvalue weighted by Gasteiger charge is -2.20. The summed E-state index contributed by atoms with van der Waals surface area (Å²) in [5.41, 5.74) is 2.50. The van der Waals surface area contributed by atoms with Crippen LogP contribution in [-0.4, -0.2) is 0 Å². The predicted molar refractivity (Wildman–Crippen MR) is 113 cm³/mol. The van der Waals surface area contributed by atoms with Crippen molar-refractivity contribution < 1.29 is 13.1 Å². The molecule has 0 amide bonds. The summed E-state index contributed by atoms with van der Waals surface area (Å²) in [5.74, 6) is 2.16. The van der Waals surface area contributed by atoms with Crippen LogP contribution in [0.1, 0.15) is 63.5 Å². The van der Waals surface area contributed by atoms with Gasteiger partial charge in [-0.2, -0.15) is 4.08 Å². The van der Waals surface area contributed by atoms with Crippen LogP contribution in [0.25, 0.3) is 0 Å². The van der Waals surface area contributed by atoms with E-state index >= 15 is 0 Å². The molecular weight excluding hydrogens is 387 g/mol. The van der Waals surface area contributed by atoms with E-state index in [0.717, 1.165) is 12.8 Å². The molecule has 3 nitrogen and oxygen atoms in total. The summed E-state index contributed by atoms with van der Waals surface area (Å²) in [6.45, 7) is 5.57. The molecule has 2 atom stereocenters. The summed E-state index contributed by atoms with van der Waals surface area (Å²) >= 11 is 11.0. The van der Waals surface area contributed by atoms with Crippen LogP contribution in [0.2, 0.25) is 0 Å². The highest BCUT2D eigenvalue weighted by Gasteiger charge is 2.25. The Bertz CT molecular complexity index is 674. The fraction of sp³-hybridized carbons (Fsp3) is 0.400. The molecule has 0 radical (unpaired) electrons.